The molecule has 1 amide bonds. The molecule has 2 rings (SSSR count). The topological polar surface area (TPSA) is 89.1 Å². The van der Waals surface area contributed by atoms with Gasteiger partial charge in [-0.15, -0.1) is 5.10 Å². The fourth-order valence-corrected chi connectivity index (χ4v) is 1.62. The lowest BCUT2D eigenvalue weighted by atomic mass is 10.2. The molecule has 0 atom stereocenters. The first-order valence-electron chi connectivity index (χ1n) is 6.14. The molecule has 0 saturated carbocycles. The SMILES string of the molecule is COc1cc(C(=O)Nc2n[nH]c(C(F)(F)F)n2)ccc1OC(F)F. The number of hydrogen-bond donors (Lipinski definition) is 2. The maximum atomic E-state index is 12.4. The van der Waals surface area contributed by atoms with E-state index in [4.69, 9.17) is 4.74 Å². The number of alkyl halides is 5. The van der Waals surface area contributed by atoms with Crippen LogP contribution in [0, 0.1) is 0 Å². The van der Waals surface area contributed by atoms with Gasteiger partial charge in [0.25, 0.3) is 5.91 Å². The average Bonchev–Trinajstić information content (AvgIpc) is 2.95. The van der Waals surface area contributed by atoms with Crippen molar-refractivity contribution in [3.05, 3.63) is 29.6 Å². The van der Waals surface area contributed by atoms with Gasteiger partial charge in [0, 0.05) is 5.56 Å². The fourth-order valence-electron chi connectivity index (χ4n) is 1.62. The molecule has 7 nitrogen and oxygen atoms in total. The molecule has 1 heterocycles. The van der Waals surface area contributed by atoms with Crippen LogP contribution < -0.4 is 14.8 Å². The molecule has 0 aliphatic carbocycles. The van der Waals surface area contributed by atoms with Crippen molar-refractivity contribution < 1.29 is 36.2 Å². The third-order valence-electron chi connectivity index (χ3n) is 2.62. The molecular weight excluding hydrogens is 343 g/mol. The minimum absolute atomic E-state index is 0.0909. The fraction of sp³-hybridized carbons (Fsp3) is 0.250. The third-order valence-corrected chi connectivity index (χ3v) is 2.62. The Labute approximate surface area is 130 Å². The first-order chi connectivity index (χ1) is 11.2. The molecule has 130 valence electrons. The smallest absolute Gasteiger partial charge is 0.451 e. The quantitative estimate of drug-likeness (QED) is 0.808. The van der Waals surface area contributed by atoms with Crippen LogP contribution in [-0.2, 0) is 6.18 Å². The predicted octanol–water partition coefficient (Wildman–Crippen LogP) is 2.69. The zero-order valence-electron chi connectivity index (χ0n) is 11.8. The number of anilines is 1. The summed E-state index contributed by atoms with van der Waals surface area (Å²) in [7, 11) is 1.17. The lowest BCUT2D eigenvalue weighted by molar-refractivity contribution is -0.144. The van der Waals surface area contributed by atoms with Crippen molar-refractivity contribution in [1.29, 1.82) is 0 Å². The van der Waals surface area contributed by atoms with Crippen molar-refractivity contribution in [3.8, 4) is 11.5 Å². The molecule has 24 heavy (non-hydrogen) atoms. The Balaban J connectivity index is 2.16. The zero-order chi connectivity index (χ0) is 17.9. The maximum absolute atomic E-state index is 12.4. The first kappa shape index (κ1) is 17.4. The monoisotopic (exact) mass is 352 g/mol. The van der Waals surface area contributed by atoms with Gasteiger partial charge < -0.3 is 9.47 Å². The molecule has 2 aromatic rings. The number of methoxy groups -OCH3 is 1. The number of aromatic amines is 1. The van der Waals surface area contributed by atoms with Crippen LogP contribution in [0.25, 0.3) is 0 Å². The van der Waals surface area contributed by atoms with Crippen molar-refractivity contribution in [2.45, 2.75) is 12.8 Å². The summed E-state index contributed by atoms with van der Waals surface area (Å²) in [5.41, 5.74) is -0.0909. The lowest BCUT2D eigenvalue weighted by Gasteiger charge is -2.10. The predicted molar refractivity (Wildman–Crippen MR) is 69.0 cm³/mol. The highest BCUT2D eigenvalue weighted by atomic mass is 19.4. The number of nitrogens with zero attached hydrogens (tertiary/aromatic N) is 2. The number of benzene rings is 1. The molecule has 0 spiro atoms. The minimum Gasteiger partial charge on any atom is -0.493 e. The molecule has 1 aromatic carbocycles. The van der Waals surface area contributed by atoms with Crippen LogP contribution in [0.4, 0.5) is 27.9 Å². The van der Waals surface area contributed by atoms with E-state index in [0.29, 0.717) is 0 Å². The minimum atomic E-state index is -4.74. The first-order valence-corrected chi connectivity index (χ1v) is 6.14. The van der Waals surface area contributed by atoms with Gasteiger partial charge in [0.2, 0.25) is 11.8 Å². The molecule has 1 aromatic heterocycles. The Morgan fingerprint density at radius 1 is 1.29 bits per heavy atom. The molecule has 0 unspecified atom stereocenters. The van der Waals surface area contributed by atoms with E-state index in [9.17, 15) is 26.7 Å². The molecule has 2 N–H and O–H groups in total. The van der Waals surface area contributed by atoms with Crippen molar-refractivity contribution >= 4 is 11.9 Å². The Hall–Kier alpha value is -2.92. The van der Waals surface area contributed by atoms with E-state index in [1.165, 1.54) is 7.11 Å². The number of nitrogens with one attached hydrogen (secondary N) is 2. The summed E-state index contributed by atoms with van der Waals surface area (Å²) in [5, 5.41) is 6.86. The third kappa shape index (κ3) is 4.08. The molecule has 0 radical (unpaired) electrons. The highest BCUT2D eigenvalue weighted by Gasteiger charge is 2.35. The van der Waals surface area contributed by atoms with Gasteiger partial charge in [0.15, 0.2) is 11.5 Å². The Kier molecular flexibility index (Phi) is 4.85. The number of ether oxygens (including phenoxy) is 2. The van der Waals surface area contributed by atoms with E-state index < -0.39 is 30.5 Å². The number of halogens is 5. The van der Waals surface area contributed by atoms with Crippen molar-refractivity contribution in [3.63, 3.8) is 0 Å². The number of aromatic nitrogens is 3. The number of carbonyl (C=O) groups excluding carboxylic acids is 1. The van der Waals surface area contributed by atoms with Crippen LogP contribution in [0.3, 0.4) is 0 Å². The van der Waals surface area contributed by atoms with Crippen molar-refractivity contribution in [2.75, 3.05) is 12.4 Å². The second-order valence-corrected chi connectivity index (χ2v) is 4.20. The van der Waals surface area contributed by atoms with Crippen LogP contribution in [0.5, 0.6) is 11.5 Å². The Morgan fingerprint density at radius 3 is 2.54 bits per heavy atom. The molecule has 12 heteroatoms. The maximum Gasteiger partial charge on any atom is 0.451 e. The lowest BCUT2D eigenvalue weighted by Crippen LogP contribution is -2.14. The number of hydrogen-bond acceptors (Lipinski definition) is 5. The van der Waals surface area contributed by atoms with Crippen LogP contribution in [0.15, 0.2) is 18.2 Å². The molecule has 0 saturated heterocycles. The normalized spacial score (nSPS) is 11.5. The summed E-state index contributed by atoms with van der Waals surface area (Å²) in [6, 6.07) is 3.25. The molecule has 0 fully saturated rings. The van der Waals surface area contributed by atoms with E-state index in [0.717, 1.165) is 18.2 Å². The van der Waals surface area contributed by atoms with Crippen LogP contribution in [-0.4, -0.2) is 34.8 Å². The van der Waals surface area contributed by atoms with Gasteiger partial charge in [-0.25, -0.2) is 0 Å². The molecule has 0 aliphatic heterocycles. The highest BCUT2D eigenvalue weighted by molar-refractivity contribution is 6.03. The van der Waals surface area contributed by atoms with Gasteiger partial charge in [-0.2, -0.15) is 26.9 Å². The molecule has 0 bridgehead atoms. The highest BCUT2D eigenvalue weighted by Crippen LogP contribution is 2.30. The van der Waals surface area contributed by atoms with Gasteiger partial charge in [0.1, 0.15) is 0 Å². The van der Waals surface area contributed by atoms with Gasteiger partial charge in [-0.1, -0.05) is 0 Å². The number of amides is 1. The standard InChI is InChI=1S/C12H9F5N4O3/c1-23-7-4-5(2-3-6(7)24-10(13)14)8(22)18-11-19-9(20-21-11)12(15,16)17/h2-4,10H,1H3,(H2,18,19,20,21,22). The second kappa shape index (κ2) is 6.68. The van der Waals surface area contributed by atoms with Crippen molar-refractivity contribution in [1.82, 2.24) is 15.2 Å². The van der Waals surface area contributed by atoms with E-state index in [1.807, 2.05) is 5.32 Å². The number of rotatable bonds is 5. The van der Waals surface area contributed by atoms with Crippen molar-refractivity contribution in [2.24, 2.45) is 0 Å². The molecular formula is C12H9F5N4O3. The summed E-state index contributed by atoms with van der Waals surface area (Å²) in [5.74, 6) is -3.31. The van der Waals surface area contributed by atoms with E-state index in [2.05, 4.69) is 14.8 Å². The van der Waals surface area contributed by atoms with Gasteiger partial charge in [-0.3, -0.25) is 15.2 Å². The van der Waals surface area contributed by atoms with Gasteiger partial charge in [0.05, 0.1) is 7.11 Å². The summed E-state index contributed by atoms with van der Waals surface area (Å²) >= 11 is 0. The van der Waals surface area contributed by atoms with Gasteiger partial charge >= 0.3 is 12.8 Å². The van der Waals surface area contributed by atoms with Crippen LogP contribution in [0.1, 0.15) is 16.2 Å². The summed E-state index contributed by atoms with van der Waals surface area (Å²) in [6.07, 6.45) is -4.74. The summed E-state index contributed by atoms with van der Waals surface area (Å²) in [6.45, 7) is -3.09. The number of H-pyrrole nitrogens is 1. The average molecular weight is 352 g/mol. The van der Waals surface area contributed by atoms with E-state index in [1.54, 1.807) is 5.10 Å². The summed E-state index contributed by atoms with van der Waals surface area (Å²) < 4.78 is 70.5. The van der Waals surface area contributed by atoms with E-state index >= 15 is 0 Å². The largest absolute Gasteiger partial charge is 0.493 e. The number of carbonyl (C=O) groups is 1. The molecule has 0 aliphatic rings. The zero-order valence-corrected chi connectivity index (χ0v) is 11.8. The Bertz CT molecular complexity index is 732. The second-order valence-electron chi connectivity index (χ2n) is 4.20. The Morgan fingerprint density at radius 2 is 2.00 bits per heavy atom. The van der Waals surface area contributed by atoms with Crippen LogP contribution >= 0.6 is 0 Å². The van der Waals surface area contributed by atoms with Gasteiger partial charge in [-0.05, 0) is 18.2 Å². The van der Waals surface area contributed by atoms with Crippen LogP contribution in [0.2, 0.25) is 0 Å². The van der Waals surface area contributed by atoms with E-state index in [-0.39, 0.29) is 17.1 Å². The summed E-state index contributed by atoms with van der Waals surface area (Å²) in [4.78, 5) is 15.0.